The molecule has 298 valence electrons. The Hall–Kier alpha value is -7.89. The Balaban J connectivity index is 0.938. The fourth-order valence-electron chi connectivity index (χ4n) is 10.6. The molecule has 2 aliphatic carbocycles. The van der Waals surface area contributed by atoms with E-state index in [2.05, 4.69) is 188 Å². The predicted molar refractivity (Wildman–Crippen MR) is 258 cm³/mol. The van der Waals surface area contributed by atoms with Crippen molar-refractivity contribution in [2.75, 3.05) is 0 Å². The van der Waals surface area contributed by atoms with Crippen molar-refractivity contribution in [1.82, 2.24) is 19.5 Å². The number of hydrogen-bond donors (Lipinski definition) is 0. The lowest BCUT2D eigenvalue weighted by Crippen LogP contribution is -2.25. The highest BCUT2D eigenvalue weighted by atomic mass is 16.3. The fraction of sp³-hybridized carbons (Fsp3) is 0.0862. The Morgan fingerprint density at radius 1 is 0.492 bits per heavy atom. The number of rotatable bonds is 5. The lowest BCUT2D eigenvalue weighted by atomic mass is 9.73. The van der Waals surface area contributed by atoms with Gasteiger partial charge in [0, 0.05) is 49.8 Å². The zero-order valence-corrected chi connectivity index (χ0v) is 34.8. The Labute approximate surface area is 364 Å². The van der Waals surface area contributed by atoms with Crippen molar-refractivity contribution < 1.29 is 4.42 Å². The fourth-order valence-corrected chi connectivity index (χ4v) is 10.6. The first-order valence-corrected chi connectivity index (χ1v) is 21.8. The van der Waals surface area contributed by atoms with Crippen molar-refractivity contribution in [2.45, 2.75) is 25.2 Å². The molecule has 0 saturated carbocycles. The Kier molecular flexibility index (Phi) is 7.71. The molecule has 5 heteroatoms. The van der Waals surface area contributed by atoms with Crippen LogP contribution in [-0.4, -0.2) is 19.5 Å². The molecule has 0 aliphatic heterocycles. The Morgan fingerprint density at radius 3 is 2.03 bits per heavy atom. The summed E-state index contributed by atoms with van der Waals surface area (Å²) in [5.41, 5.74) is 13.2. The van der Waals surface area contributed by atoms with Gasteiger partial charge in [-0.1, -0.05) is 153 Å². The number of allylic oxidation sites excluding steroid dienone is 4. The number of fused-ring (bicyclic) bond motifs is 10. The van der Waals surface area contributed by atoms with Crippen molar-refractivity contribution in [3.05, 3.63) is 211 Å². The second kappa shape index (κ2) is 13.6. The molecule has 2 aliphatic rings. The van der Waals surface area contributed by atoms with Crippen LogP contribution in [0.3, 0.4) is 0 Å². The van der Waals surface area contributed by atoms with Gasteiger partial charge in [0.2, 0.25) is 0 Å². The summed E-state index contributed by atoms with van der Waals surface area (Å²) in [6.07, 6.45) is 7.31. The summed E-state index contributed by atoms with van der Waals surface area (Å²) in [4.78, 5) is 15.5. The quantitative estimate of drug-likeness (QED) is 0.174. The summed E-state index contributed by atoms with van der Waals surface area (Å²) in [6.45, 7) is 4.78. The van der Waals surface area contributed by atoms with Crippen LogP contribution in [0.15, 0.2) is 199 Å². The van der Waals surface area contributed by atoms with E-state index in [1.54, 1.807) is 0 Å². The van der Waals surface area contributed by atoms with Gasteiger partial charge in [-0.3, -0.25) is 0 Å². The predicted octanol–water partition coefficient (Wildman–Crippen LogP) is 14.7. The Morgan fingerprint density at radius 2 is 1.16 bits per heavy atom. The van der Waals surface area contributed by atoms with E-state index in [0.717, 1.165) is 60.7 Å². The van der Waals surface area contributed by atoms with Crippen LogP contribution in [0.5, 0.6) is 0 Å². The van der Waals surface area contributed by atoms with Gasteiger partial charge in [-0.2, -0.15) is 0 Å². The third kappa shape index (κ3) is 5.59. The number of nitrogens with zero attached hydrogens (tertiary/aromatic N) is 4. The zero-order valence-electron chi connectivity index (χ0n) is 34.8. The molecular formula is C58H40N4O. The normalized spacial score (nSPS) is 16.6. The minimum Gasteiger partial charge on any atom is -0.456 e. The van der Waals surface area contributed by atoms with Gasteiger partial charge in [0.25, 0.3) is 0 Å². The number of hydrogen-bond acceptors (Lipinski definition) is 4. The number of para-hydroxylation sites is 2. The average Bonchev–Trinajstić information content (AvgIpc) is 3.96. The molecule has 0 saturated heterocycles. The molecule has 63 heavy (non-hydrogen) atoms. The lowest BCUT2D eigenvalue weighted by molar-refractivity contribution is 0.395. The van der Waals surface area contributed by atoms with Gasteiger partial charge in [-0.25, -0.2) is 15.0 Å². The topological polar surface area (TPSA) is 56.7 Å². The van der Waals surface area contributed by atoms with Gasteiger partial charge in [-0.15, -0.1) is 0 Å². The number of aromatic nitrogens is 4. The molecule has 0 radical (unpaired) electrons. The van der Waals surface area contributed by atoms with E-state index in [4.69, 9.17) is 19.4 Å². The summed E-state index contributed by atoms with van der Waals surface area (Å²) in [7, 11) is 0. The van der Waals surface area contributed by atoms with E-state index in [1.807, 2.05) is 24.3 Å². The summed E-state index contributed by atoms with van der Waals surface area (Å²) < 4.78 is 8.69. The van der Waals surface area contributed by atoms with Crippen LogP contribution in [0, 0.1) is 5.92 Å². The van der Waals surface area contributed by atoms with Crippen molar-refractivity contribution >= 4 is 60.1 Å². The van der Waals surface area contributed by atoms with E-state index in [0.29, 0.717) is 29.3 Å². The SMILES string of the molecule is CC1(C)c2ccccc2[C@@H]2C=C(c3ccc4c(c3)c3ccccc3n4-c3cccc(-c4nc(-c5ccc6ccccc6c5)nc(-c5ccc6c(c5)oc5ccccc56)n4)c3)C=CC21. The van der Waals surface area contributed by atoms with Gasteiger partial charge in [0.05, 0.1) is 11.0 Å². The third-order valence-electron chi connectivity index (χ3n) is 13.7. The first-order valence-electron chi connectivity index (χ1n) is 21.8. The molecule has 3 aromatic heterocycles. The van der Waals surface area contributed by atoms with E-state index in [1.165, 1.54) is 38.4 Å². The second-order valence-electron chi connectivity index (χ2n) is 17.7. The van der Waals surface area contributed by atoms with Crippen LogP contribution >= 0.6 is 0 Å². The molecule has 1 unspecified atom stereocenters. The molecule has 5 nitrogen and oxygen atoms in total. The third-order valence-corrected chi connectivity index (χ3v) is 13.7. The van der Waals surface area contributed by atoms with Gasteiger partial charge < -0.3 is 8.98 Å². The zero-order chi connectivity index (χ0) is 41.8. The summed E-state index contributed by atoms with van der Waals surface area (Å²) in [5.74, 6) is 2.61. The minimum absolute atomic E-state index is 0.0936. The summed E-state index contributed by atoms with van der Waals surface area (Å²) in [6, 6.07) is 62.4. The van der Waals surface area contributed by atoms with Gasteiger partial charge >= 0.3 is 0 Å². The maximum absolute atomic E-state index is 6.32. The molecule has 8 aromatic carbocycles. The monoisotopic (exact) mass is 808 g/mol. The molecule has 0 amide bonds. The largest absolute Gasteiger partial charge is 0.456 e. The molecule has 2 atom stereocenters. The molecule has 11 aromatic rings. The van der Waals surface area contributed by atoms with Crippen molar-refractivity contribution in [2.24, 2.45) is 5.92 Å². The molecule has 0 bridgehead atoms. The van der Waals surface area contributed by atoms with Gasteiger partial charge in [-0.05, 0) is 99.0 Å². The smallest absolute Gasteiger partial charge is 0.164 e. The van der Waals surface area contributed by atoms with Gasteiger partial charge in [0.15, 0.2) is 17.5 Å². The van der Waals surface area contributed by atoms with Crippen LogP contribution in [0.1, 0.15) is 36.5 Å². The van der Waals surface area contributed by atoms with Crippen LogP contribution < -0.4 is 0 Å². The maximum Gasteiger partial charge on any atom is 0.164 e. The van der Waals surface area contributed by atoms with Crippen LogP contribution in [0.2, 0.25) is 0 Å². The molecule has 0 N–H and O–H groups in total. The minimum atomic E-state index is 0.0936. The summed E-state index contributed by atoms with van der Waals surface area (Å²) >= 11 is 0. The molecule has 0 spiro atoms. The van der Waals surface area contributed by atoms with Gasteiger partial charge in [0.1, 0.15) is 11.2 Å². The van der Waals surface area contributed by atoms with Crippen molar-refractivity contribution in [3.8, 4) is 39.9 Å². The highest BCUT2D eigenvalue weighted by molar-refractivity contribution is 6.10. The average molecular weight is 809 g/mol. The highest BCUT2D eigenvalue weighted by Gasteiger charge is 2.44. The van der Waals surface area contributed by atoms with E-state index in [9.17, 15) is 0 Å². The first-order chi connectivity index (χ1) is 30.9. The van der Waals surface area contributed by atoms with E-state index >= 15 is 0 Å². The maximum atomic E-state index is 6.32. The highest BCUT2D eigenvalue weighted by Crippen LogP contribution is 2.54. The standard InChI is InChI=1S/C58H40N4O/c1-58(2)49-19-8-5-16-43(49)47-32-37(25-28-50(47)58)38-26-29-52-48(33-38)44-17-6-9-20-51(44)62(52)42-15-11-14-39(31-42)55-59-56(40-23-22-35-12-3-4-13-36(35)30-40)61-57(60-55)41-24-27-46-45-18-7-10-21-53(45)63-54(46)34-41/h3-34,47,50H,1-2H3/t47-,50?/m0/s1. The molecule has 0 fully saturated rings. The Bertz CT molecular complexity index is 3750. The first kappa shape index (κ1) is 35.8. The number of furan rings is 1. The lowest BCUT2D eigenvalue weighted by Gasteiger charge is -2.30. The number of benzene rings is 8. The van der Waals surface area contributed by atoms with Crippen LogP contribution in [0.4, 0.5) is 0 Å². The molecule has 3 heterocycles. The summed E-state index contributed by atoms with van der Waals surface area (Å²) in [5, 5.41) is 6.89. The van der Waals surface area contributed by atoms with E-state index < -0.39 is 0 Å². The molecular weight excluding hydrogens is 769 g/mol. The second-order valence-corrected chi connectivity index (χ2v) is 17.7. The molecule has 13 rings (SSSR count). The van der Waals surface area contributed by atoms with Crippen molar-refractivity contribution in [1.29, 1.82) is 0 Å². The van der Waals surface area contributed by atoms with Crippen LogP contribution in [0.25, 0.3) is 99.9 Å². The van der Waals surface area contributed by atoms with E-state index in [-0.39, 0.29) is 5.41 Å². The van der Waals surface area contributed by atoms with Crippen molar-refractivity contribution in [3.63, 3.8) is 0 Å². The van der Waals surface area contributed by atoms with Crippen LogP contribution in [-0.2, 0) is 5.41 Å².